The van der Waals surface area contributed by atoms with Crippen LogP contribution in [0, 0.1) is 11.3 Å². The largest absolute Gasteiger partial charge is 0.370 e. The summed E-state index contributed by atoms with van der Waals surface area (Å²) >= 11 is 0. The first-order chi connectivity index (χ1) is 17.2. The third kappa shape index (κ3) is 4.41. The smallest absolute Gasteiger partial charge is 0.113 e. The number of rotatable bonds is 4. The van der Waals surface area contributed by atoms with Gasteiger partial charge in [0.05, 0.1) is 41.0 Å². The van der Waals surface area contributed by atoms with Gasteiger partial charge in [-0.1, -0.05) is 0 Å². The number of morpholine rings is 1. The molecular formula is C26H30N8O. The maximum atomic E-state index is 9.47. The normalized spacial score (nSPS) is 22.9. The molecule has 2 atom stereocenters. The number of nitrogens with zero attached hydrogens (tertiary/aromatic N) is 7. The van der Waals surface area contributed by atoms with Crippen molar-refractivity contribution in [3.8, 4) is 6.07 Å². The number of fused-ring (bicyclic) bond motifs is 2. The molecule has 0 radical (unpaired) electrons. The summed E-state index contributed by atoms with van der Waals surface area (Å²) in [6.07, 6.45) is 5.59. The topological polar surface area (TPSA) is 93.4 Å². The molecule has 2 saturated heterocycles. The highest BCUT2D eigenvalue weighted by molar-refractivity contribution is 5.92. The highest BCUT2D eigenvalue weighted by atomic mass is 16.5. The molecule has 35 heavy (non-hydrogen) atoms. The summed E-state index contributed by atoms with van der Waals surface area (Å²) in [5.74, 6) is 0. The Balaban J connectivity index is 1.12. The molecule has 9 heteroatoms. The lowest BCUT2D eigenvalue weighted by molar-refractivity contribution is -0.0327. The Kier molecular flexibility index (Phi) is 5.94. The molecular weight excluding hydrogens is 440 g/mol. The number of anilines is 2. The van der Waals surface area contributed by atoms with Crippen molar-refractivity contribution in [3.63, 3.8) is 0 Å². The number of piperazine rings is 1. The first-order valence-corrected chi connectivity index (χ1v) is 12.4. The lowest BCUT2D eigenvalue weighted by Crippen LogP contribution is -2.54. The predicted molar refractivity (Wildman–Crippen MR) is 134 cm³/mol. The van der Waals surface area contributed by atoms with Gasteiger partial charge < -0.3 is 19.9 Å². The van der Waals surface area contributed by atoms with E-state index in [2.05, 4.69) is 54.0 Å². The van der Waals surface area contributed by atoms with Gasteiger partial charge in [0, 0.05) is 71.3 Å². The molecule has 0 bridgehead atoms. The standard InChI is InChI=1S/C26H30N8O/c1-18-15-34(24-3-2-19(11-27)25-26(24)30-5-4-29-25)17-22(35-18)16-32-6-8-33(9-7-32)21-10-20-12-28-14-23(20)31-13-21/h2-5,10,13,18,22,28H,6-9,12,14-17H2,1H3/t18-,22+/m1/s1. The van der Waals surface area contributed by atoms with Gasteiger partial charge in [-0.15, -0.1) is 0 Å². The molecule has 2 fully saturated rings. The molecule has 0 unspecified atom stereocenters. The van der Waals surface area contributed by atoms with Gasteiger partial charge in [0.25, 0.3) is 0 Å². The van der Waals surface area contributed by atoms with E-state index in [1.165, 1.54) is 16.9 Å². The Morgan fingerprint density at radius 3 is 2.69 bits per heavy atom. The molecule has 6 rings (SSSR count). The molecule has 3 aliphatic heterocycles. The summed E-state index contributed by atoms with van der Waals surface area (Å²) in [4.78, 5) is 20.9. The van der Waals surface area contributed by atoms with Crippen molar-refractivity contribution in [1.82, 2.24) is 25.2 Å². The van der Waals surface area contributed by atoms with Crippen LogP contribution in [0.3, 0.4) is 0 Å². The number of aromatic nitrogens is 3. The number of pyridine rings is 1. The number of benzene rings is 1. The van der Waals surface area contributed by atoms with Gasteiger partial charge in [-0.05, 0) is 30.7 Å². The van der Waals surface area contributed by atoms with Gasteiger partial charge in [-0.2, -0.15) is 5.26 Å². The first kappa shape index (κ1) is 22.2. The van der Waals surface area contributed by atoms with Crippen molar-refractivity contribution in [2.45, 2.75) is 32.2 Å². The van der Waals surface area contributed by atoms with E-state index < -0.39 is 0 Å². The van der Waals surface area contributed by atoms with Crippen LogP contribution < -0.4 is 15.1 Å². The van der Waals surface area contributed by atoms with E-state index in [-0.39, 0.29) is 12.2 Å². The fourth-order valence-corrected chi connectivity index (χ4v) is 5.53. The Bertz CT molecular complexity index is 1270. The molecule has 5 heterocycles. The first-order valence-electron chi connectivity index (χ1n) is 12.4. The molecule has 9 nitrogen and oxygen atoms in total. The number of hydrogen-bond acceptors (Lipinski definition) is 9. The van der Waals surface area contributed by atoms with Gasteiger partial charge in [0.1, 0.15) is 17.1 Å². The van der Waals surface area contributed by atoms with Gasteiger partial charge in [-0.25, -0.2) is 0 Å². The van der Waals surface area contributed by atoms with Crippen LogP contribution in [0.25, 0.3) is 11.0 Å². The van der Waals surface area contributed by atoms with E-state index in [1.807, 2.05) is 18.3 Å². The second kappa shape index (κ2) is 9.38. The fraction of sp³-hybridized carbons (Fsp3) is 0.462. The Labute approximate surface area is 205 Å². The van der Waals surface area contributed by atoms with Crippen molar-refractivity contribution >= 4 is 22.4 Å². The third-order valence-electron chi connectivity index (χ3n) is 7.24. The minimum atomic E-state index is 0.111. The lowest BCUT2D eigenvalue weighted by Gasteiger charge is -2.42. The Hall–Kier alpha value is -3.32. The molecule has 0 saturated carbocycles. The van der Waals surface area contributed by atoms with Crippen molar-refractivity contribution < 1.29 is 4.74 Å². The molecule has 3 aliphatic rings. The van der Waals surface area contributed by atoms with E-state index in [1.54, 1.807) is 12.4 Å². The number of nitriles is 1. The van der Waals surface area contributed by atoms with Gasteiger partial charge >= 0.3 is 0 Å². The van der Waals surface area contributed by atoms with E-state index in [0.717, 1.165) is 70.1 Å². The van der Waals surface area contributed by atoms with Crippen LogP contribution in [0.4, 0.5) is 11.4 Å². The zero-order valence-corrected chi connectivity index (χ0v) is 20.0. The average molecular weight is 471 g/mol. The third-order valence-corrected chi connectivity index (χ3v) is 7.24. The zero-order valence-electron chi connectivity index (χ0n) is 20.0. The quantitative estimate of drug-likeness (QED) is 0.614. The summed E-state index contributed by atoms with van der Waals surface area (Å²) in [5.41, 5.74) is 6.77. The summed E-state index contributed by atoms with van der Waals surface area (Å²) in [7, 11) is 0. The Morgan fingerprint density at radius 1 is 1.03 bits per heavy atom. The SMILES string of the molecule is C[C@@H]1CN(c2ccc(C#N)c3nccnc23)C[C@H](CN2CCN(c3cnc4c(c3)CNC4)CC2)O1. The van der Waals surface area contributed by atoms with Crippen molar-refractivity contribution in [1.29, 1.82) is 5.26 Å². The number of nitrogens with one attached hydrogen (secondary N) is 1. The molecule has 2 aromatic heterocycles. The van der Waals surface area contributed by atoms with E-state index in [0.29, 0.717) is 11.1 Å². The minimum Gasteiger partial charge on any atom is -0.370 e. The second-order valence-corrected chi connectivity index (χ2v) is 9.66. The van der Waals surface area contributed by atoms with E-state index >= 15 is 0 Å². The number of ether oxygens (including phenoxy) is 1. The summed E-state index contributed by atoms with van der Waals surface area (Å²) in [6.45, 7) is 10.4. The minimum absolute atomic E-state index is 0.111. The Morgan fingerprint density at radius 2 is 1.86 bits per heavy atom. The van der Waals surface area contributed by atoms with Crippen LogP contribution >= 0.6 is 0 Å². The fourth-order valence-electron chi connectivity index (χ4n) is 5.53. The predicted octanol–water partition coefficient (Wildman–Crippen LogP) is 1.92. The molecule has 1 N–H and O–H groups in total. The monoisotopic (exact) mass is 470 g/mol. The van der Waals surface area contributed by atoms with Gasteiger partial charge in [0.2, 0.25) is 0 Å². The van der Waals surface area contributed by atoms with Crippen molar-refractivity contribution in [3.05, 3.63) is 53.6 Å². The van der Waals surface area contributed by atoms with Crippen LogP contribution in [0.2, 0.25) is 0 Å². The molecule has 0 amide bonds. The van der Waals surface area contributed by atoms with Crippen molar-refractivity contribution in [2.24, 2.45) is 0 Å². The van der Waals surface area contributed by atoms with Crippen molar-refractivity contribution in [2.75, 3.05) is 55.6 Å². The maximum absolute atomic E-state index is 9.47. The maximum Gasteiger partial charge on any atom is 0.113 e. The second-order valence-electron chi connectivity index (χ2n) is 9.66. The molecule has 180 valence electrons. The number of hydrogen-bond donors (Lipinski definition) is 1. The van der Waals surface area contributed by atoms with Gasteiger partial charge in [0.15, 0.2) is 0 Å². The summed E-state index contributed by atoms with van der Waals surface area (Å²) in [5, 5.41) is 12.8. The highest BCUT2D eigenvalue weighted by Crippen LogP contribution is 2.29. The van der Waals surface area contributed by atoms with E-state index in [9.17, 15) is 5.26 Å². The lowest BCUT2D eigenvalue weighted by atomic mass is 10.1. The van der Waals surface area contributed by atoms with Crippen LogP contribution in [-0.4, -0.2) is 77.9 Å². The molecule has 0 aliphatic carbocycles. The molecule has 3 aromatic rings. The molecule has 0 spiro atoms. The van der Waals surface area contributed by atoms with Crippen LogP contribution in [0.15, 0.2) is 36.8 Å². The van der Waals surface area contributed by atoms with E-state index in [4.69, 9.17) is 4.74 Å². The van der Waals surface area contributed by atoms with Crippen LogP contribution in [-0.2, 0) is 17.8 Å². The molecule has 1 aromatic carbocycles. The summed E-state index contributed by atoms with van der Waals surface area (Å²) < 4.78 is 6.36. The highest BCUT2D eigenvalue weighted by Gasteiger charge is 2.30. The zero-order chi connectivity index (χ0) is 23.8. The van der Waals surface area contributed by atoms with Crippen LogP contribution in [0.1, 0.15) is 23.7 Å². The van der Waals surface area contributed by atoms with Gasteiger partial charge in [-0.3, -0.25) is 19.9 Å². The summed E-state index contributed by atoms with van der Waals surface area (Å²) in [6, 6.07) is 8.39. The average Bonchev–Trinajstić information content (AvgIpc) is 3.36. The van der Waals surface area contributed by atoms with Crippen LogP contribution in [0.5, 0.6) is 0 Å².